The van der Waals surface area contributed by atoms with Crippen molar-refractivity contribution in [3.8, 4) is 5.75 Å². The molecule has 0 aliphatic heterocycles. The van der Waals surface area contributed by atoms with E-state index in [9.17, 15) is 4.39 Å². The topological polar surface area (TPSA) is 9.23 Å². The smallest absolute Gasteiger partial charge is 0.138 e. The Labute approximate surface area is 90.0 Å². The van der Waals surface area contributed by atoms with Crippen molar-refractivity contribution in [2.24, 2.45) is 0 Å². The van der Waals surface area contributed by atoms with Gasteiger partial charge in [-0.3, -0.25) is 0 Å². The minimum Gasteiger partial charge on any atom is -0.489 e. The van der Waals surface area contributed by atoms with Gasteiger partial charge in [-0.05, 0) is 22.0 Å². The third kappa shape index (κ3) is 2.85. The Morgan fingerprint density at radius 3 is 2.85 bits per heavy atom. The summed E-state index contributed by atoms with van der Waals surface area (Å²) in [5.41, 5.74) is 0.865. The highest BCUT2D eigenvalue weighted by atomic mass is 79.9. The van der Waals surface area contributed by atoms with Crippen LogP contribution in [-0.2, 0) is 5.88 Å². The average Bonchev–Trinajstić information content (AvgIpc) is 2.15. The van der Waals surface area contributed by atoms with Crippen LogP contribution in [0.5, 0.6) is 5.75 Å². The maximum Gasteiger partial charge on any atom is 0.138 e. The Morgan fingerprint density at radius 1 is 1.46 bits per heavy atom. The van der Waals surface area contributed by atoms with Crippen molar-refractivity contribution in [2.75, 3.05) is 13.3 Å². The number of rotatable bonds is 4. The lowest BCUT2D eigenvalue weighted by Gasteiger charge is -2.09. The molecule has 4 heteroatoms. The summed E-state index contributed by atoms with van der Waals surface area (Å²) in [6.45, 7) is -0.435. The van der Waals surface area contributed by atoms with Crippen LogP contribution in [0.3, 0.4) is 0 Å². The summed E-state index contributed by atoms with van der Waals surface area (Å²) in [7, 11) is 0. The van der Waals surface area contributed by atoms with Gasteiger partial charge in [-0.25, -0.2) is 4.39 Å². The van der Waals surface area contributed by atoms with E-state index in [1.165, 1.54) is 0 Å². The molecule has 72 valence electrons. The summed E-state index contributed by atoms with van der Waals surface area (Å²) in [6.07, 6.45) is 0. The van der Waals surface area contributed by atoms with Crippen LogP contribution in [0.4, 0.5) is 4.39 Å². The van der Waals surface area contributed by atoms with Gasteiger partial charge < -0.3 is 4.74 Å². The molecule has 0 saturated heterocycles. The van der Waals surface area contributed by atoms with Crippen molar-refractivity contribution in [2.45, 2.75) is 5.88 Å². The molecule has 1 aromatic carbocycles. The molecule has 1 rings (SSSR count). The van der Waals surface area contributed by atoms with Crippen molar-refractivity contribution < 1.29 is 9.13 Å². The highest BCUT2D eigenvalue weighted by Crippen LogP contribution is 2.29. The van der Waals surface area contributed by atoms with E-state index in [2.05, 4.69) is 15.9 Å². The zero-order chi connectivity index (χ0) is 9.68. The molecule has 0 unspecified atom stereocenters. The number of hydrogen-bond donors (Lipinski definition) is 0. The van der Waals surface area contributed by atoms with Crippen LogP contribution in [0.1, 0.15) is 5.56 Å². The molecule has 1 aromatic rings. The van der Waals surface area contributed by atoms with Crippen molar-refractivity contribution in [3.05, 3.63) is 28.2 Å². The second-order valence-electron chi connectivity index (χ2n) is 2.40. The van der Waals surface area contributed by atoms with Gasteiger partial charge in [0.1, 0.15) is 19.0 Å². The average molecular weight is 268 g/mol. The molecule has 13 heavy (non-hydrogen) atoms. The Bertz CT molecular complexity index is 280. The molecule has 0 heterocycles. The highest BCUT2D eigenvalue weighted by Gasteiger charge is 2.06. The third-order valence-electron chi connectivity index (χ3n) is 1.52. The van der Waals surface area contributed by atoms with E-state index in [1.54, 1.807) is 0 Å². The molecule has 0 amide bonds. The first kappa shape index (κ1) is 10.8. The van der Waals surface area contributed by atoms with Gasteiger partial charge in [0, 0.05) is 5.56 Å². The predicted octanol–water partition coefficient (Wildman–Crippen LogP) is 3.54. The number of hydrogen-bond acceptors (Lipinski definition) is 1. The number of ether oxygens (including phenoxy) is 1. The van der Waals surface area contributed by atoms with Crippen LogP contribution in [0, 0.1) is 0 Å². The van der Waals surface area contributed by atoms with Crippen LogP contribution >= 0.6 is 27.5 Å². The van der Waals surface area contributed by atoms with E-state index in [4.69, 9.17) is 16.3 Å². The summed E-state index contributed by atoms with van der Waals surface area (Å²) in [4.78, 5) is 0. The molecular weight excluding hydrogens is 258 g/mol. The summed E-state index contributed by atoms with van der Waals surface area (Å²) in [5, 5.41) is 0. The van der Waals surface area contributed by atoms with E-state index >= 15 is 0 Å². The van der Waals surface area contributed by atoms with E-state index in [1.807, 2.05) is 18.2 Å². The molecule has 0 N–H and O–H groups in total. The minimum absolute atomic E-state index is 0.0620. The molecule has 0 aromatic heterocycles. The van der Waals surface area contributed by atoms with Gasteiger partial charge in [0.05, 0.1) is 10.4 Å². The van der Waals surface area contributed by atoms with E-state index in [0.717, 1.165) is 10.0 Å². The molecule has 0 saturated carbocycles. The molecule has 0 radical (unpaired) electrons. The summed E-state index contributed by atoms with van der Waals surface area (Å²) in [5.74, 6) is 0.997. The Morgan fingerprint density at radius 2 is 2.23 bits per heavy atom. The Balaban J connectivity index is 2.87. The summed E-state index contributed by atoms with van der Waals surface area (Å²) in [6, 6.07) is 5.55. The van der Waals surface area contributed by atoms with Gasteiger partial charge in [0.15, 0.2) is 0 Å². The molecule has 1 nitrogen and oxygen atoms in total. The van der Waals surface area contributed by atoms with Crippen molar-refractivity contribution in [1.82, 2.24) is 0 Å². The van der Waals surface area contributed by atoms with E-state index in [-0.39, 0.29) is 6.61 Å². The fraction of sp³-hybridized carbons (Fsp3) is 0.333. The molecule has 0 atom stereocenters. The predicted molar refractivity (Wildman–Crippen MR) is 55.2 cm³/mol. The quantitative estimate of drug-likeness (QED) is 0.758. The van der Waals surface area contributed by atoms with Gasteiger partial charge in [0.25, 0.3) is 0 Å². The van der Waals surface area contributed by atoms with Gasteiger partial charge in [-0.1, -0.05) is 12.1 Å². The molecular formula is C9H9BrClFO. The lowest BCUT2D eigenvalue weighted by molar-refractivity contribution is 0.270. The summed E-state index contributed by atoms with van der Waals surface area (Å²) < 4.78 is 17.9. The van der Waals surface area contributed by atoms with Gasteiger partial charge in [-0.15, -0.1) is 11.6 Å². The molecule has 0 fully saturated rings. The lowest BCUT2D eigenvalue weighted by atomic mass is 10.2. The minimum atomic E-state index is -0.497. The summed E-state index contributed by atoms with van der Waals surface area (Å²) >= 11 is 9.00. The lowest BCUT2D eigenvalue weighted by Crippen LogP contribution is -2.01. The zero-order valence-electron chi connectivity index (χ0n) is 6.90. The fourth-order valence-corrected chi connectivity index (χ4v) is 1.69. The maximum atomic E-state index is 11.9. The molecule has 0 aliphatic rings. The third-order valence-corrected chi connectivity index (χ3v) is 2.43. The Kier molecular flexibility index (Phi) is 4.53. The monoisotopic (exact) mass is 266 g/mol. The fourth-order valence-electron chi connectivity index (χ4n) is 0.961. The second kappa shape index (κ2) is 5.45. The van der Waals surface area contributed by atoms with Gasteiger partial charge in [-0.2, -0.15) is 0 Å². The Hall–Kier alpha value is -0.280. The molecule has 0 aliphatic carbocycles. The number of benzene rings is 1. The normalized spacial score (nSPS) is 10.1. The highest BCUT2D eigenvalue weighted by molar-refractivity contribution is 9.10. The zero-order valence-corrected chi connectivity index (χ0v) is 9.24. The van der Waals surface area contributed by atoms with Gasteiger partial charge >= 0.3 is 0 Å². The van der Waals surface area contributed by atoms with Crippen LogP contribution in [-0.4, -0.2) is 13.3 Å². The molecule has 0 bridgehead atoms. The van der Waals surface area contributed by atoms with Crippen LogP contribution in [0.15, 0.2) is 22.7 Å². The van der Waals surface area contributed by atoms with Crippen LogP contribution < -0.4 is 4.74 Å². The SMILES string of the molecule is FCCOc1c(Br)cccc1CCl. The second-order valence-corrected chi connectivity index (χ2v) is 3.52. The maximum absolute atomic E-state index is 11.9. The first-order valence-corrected chi connectivity index (χ1v) is 5.14. The largest absolute Gasteiger partial charge is 0.489 e. The van der Waals surface area contributed by atoms with Crippen LogP contribution in [0.2, 0.25) is 0 Å². The van der Waals surface area contributed by atoms with Gasteiger partial charge in [0.2, 0.25) is 0 Å². The first-order valence-electron chi connectivity index (χ1n) is 3.81. The number of alkyl halides is 2. The van der Waals surface area contributed by atoms with Crippen molar-refractivity contribution in [1.29, 1.82) is 0 Å². The van der Waals surface area contributed by atoms with Crippen molar-refractivity contribution in [3.63, 3.8) is 0 Å². The number of para-hydroxylation sites is 1. The van der Waals surface area contributed by atoms with Crippen molar-refractivity contribution >= 4 is 27.5 Å². The first-order chi connectivity index (χ1) is 6.29. The number of halogens is 3. The van der Waals surface area contributed by atoms with E-state index < -0.39 is 6.67 Å². The standard InChI is InChI=1S/C9H9BrClFO/c10-8-3-1-2-7(6-11)9(8)13-5-4-12/h1-3H,4-6H2. The molecule has 0 spiro atoms. The van der Waals surface area contributed by atoms with Crippen LogP contribution in [0.25, 0.3) is 0 Å². The van der Waals surface area contributed by atoms with E-state index in [0.29, 0.717) is 11.6 Å².